The molecule has 7 heteroatoms. The molecule has 2 rings (SSSR count). The van der Waals surface area contributed by atoms with Gasteiger partial charge in [-0.3, -0.25) is 4.99 Å². The van der Waals surface area contributed by atoms with Gasteiger partial charge in [0.15, 0.2) is 5.96 Å². The van der Waals surface area contributed by atoms with E-state index in [9.17, 15) is 0 Å². The topological polar surface area (TPSA) is 55.3 Å². The lowest BCUT2D eigenvalue weighted by atomic mass is 10.1. The normalized spacial score (nSPS) is 16.8. The van der Waals surface area contributed by atoms with E-state index in [1.165, 1.54) is 5.56 Å². The third kappa shape index (κ3) is 9.43. The molecule has 1 heterocycles. The van der Waals surface area contributed by atoms with Crippen molar-refractivity contribution in [3.05, 3.63) is 29.8 Å². The maximum atomic E-state index is 5.77. The maximum Gasteiger partial charge on any atom is 0.193 e. The number of benzene rings is 1. The van der Waals surface area contributed by atoms with Crippen LogP contribution in [0.15, 0.2) is 29.3 Å². The van der Waals surface area contributed by atoms with Crippen molar-refractivity contribution in [2.75, 3.05) is 60.2 Å². The Morgan fingerprint density at radius 1 is 1.18 bits per heavy atom. The number of hydrogen-bond donors (Lipinski definition) is 1. The molecule has 0 radical (unpaired) electrons. The second-order valence-electron chi connectivity index (χ2n) is 7.01. The van der Waals surface area contributed by atoms with Crippen LogP contribution < -0.4 is 10.1 Å². The summed E-state index contributed by atoms with van der Waals surface area (Å²) < 4.78 is 16.4. The van der Waals surface area contributed by atoms with Gasteiger partial charge in [0.25, 0.3) is 0 Å². The molecule has 1 unspecified atom stereocenters. The van der Waals surface area contributed by atoms with Crippen molar-refractivity contribution < 1.29 is 14.2 Å². The van der Waals surface area contributed by atoms with Crippen molar-refractivity contribution in [2.45, 2.75) is 26.2 Å². The fourth-order valence-electron chi connectivity index (χ4n) is 3.14. The summed E-state index contributed by atoms with van der Waals surface area (Å²) in [7, 11) is 3.55. The van der Waals surface area contributed by atoms with E-state index in [1.54, 1.807) is 7.11 Å². The number of methoxy groups -OCH3 is 1. The van der Waals surface area contributed by atoms with Crippen molar-refractivity contribution in [1.29, 1.82) is 0 Å². The standard InChI is InChI=1S/C21H35N3O3.HI/c1-18-6-8-20(9-7-18)27-13-5-4-11-23-21(22-2)24-12-10-19(16-24)17-26-15-14-25-3;/h6-9,19H,4-5,10-17H2,1-3H3,(H,22,23);1H. The lowest BCUT2D eigenvalue weighted by Gasteiger charge is -2.21. The molecule has 0 bridgehead atoms. The van der Waals surface area contributed by atoms with Gasteiger partial charge in [-0.05, 0) is 38.3 Å². The Morgan fingerprint density at radius 3 is 2.68 bits per heavy atom. The second-order valence-corrected chi connectivity index (χ2v) is 7.01. The zero-order valence-electron chi connectivity index (χ0n) is 17.5. The van der Waals surface area contributed by atoms with Gasteiger partial charge in [0.05, 0.1) is 26.4 Å². The number of aryl methyl sites for hydroxylation is 1. The van der Waals surface area contributed by atoms with E-state index in [0.29, 0.717) is 19.1 Å². The molecule has 1 aliphatic heterocycles. The first kappa shape index (κ1) is 25.0. The highest BCUT2D eigenvalue weighted by atomic mass is 127. The predicted octanol–water partition coefficient (Wildman–Crippen LogP) is 3.33. The molecule has 0 spiro atoms. The quantitative estimate of drug-likeness (QED) is 0.217. The van der Waals surface area contributed by atoms with Gasteiger partial charge < -0.3 is 24.4 Å². The first-order chi connectivity index (χ1) is 13.2. The lowest BCUT2D eigenvalue weighted by molar-refractivity contribution is 0.0536. The first-order valence-electron chi connectivity index (χ1n) is 9.94. The van der Waals surface area contributed by atoms with E-state index in [2.05, 4.69) is 34.3 Å². The Morgan fingerprint density at radius 2 is 1.96 bits per heavy atom. The van der Waals surface area contributed by atoms with Crippen LogP contribution in [0.25, 0.3) is 0 Å². The van der Waals surface area contributed by atoms with Crippen molar-refractivity contribution >= 4 is 29.9 Å². The molecule has 1 aromatic carbocycles. The number of unbranched alkanes of at least 4 members (excludes halogenated alkanes) is 1. The molecule has 6 nitrogen and oxygen atoms in total. The number of hydrogen-bond acceptors (Lipinski definition) is 4. The number of aliphatic imine (C=N–C) groups is 1. The van der Waals surface area contributed by atoms with Crippen LogP contribution in [0.5, 0.6) is 5.75 Å². The average Bonchev–Trinajstić information content (AvgIpc) is 3.15. The van der Waals surface area contributed by atoms with Crippen molar-refractivity contribution in [1.82, 2.24) is 10.2 Å². The summed E-state index contributed by atoms with van der Waals surface area (Å²) in [5.74, 6) is 2.51. The van der Waals surface area contributed by atoms with Gasteiger partial charge >= 0.3 is 0 Å². The molecule has 28 heavy (non-hydrogen) atoms. The number of rotatable bonds is 11. The highest BCUT2D eigenvalue weighted by Crippen LogP contribution is 2.16. The Labute approximate surface area is 187 Å². The maximum absolute atomic E-state index is 5.77. The molecule has 0 aromatic heterocycles. The summed E-state index contributed by atoms with van der Waals surface area (Å²) in [5.41, 5.74) is 1.25. The van der Waals surface area contributed by atoms with Crippen LogP contribution in [0.2, 0.25) is 0 Å². The molecule has 0 amide bonds. The van der Waals surface area contributed by atoms with E-state index >= 15 is 0 Å². The molecule has 1 atom stereocenters. The highest BCUT2D eigenvalue weighted by Gasteiger charge is 2.24. The van der Waals surface area contributed by atoms with Gasteiger partial charge in [-0.25, -0.2) is 0 Å². The van der Waals surface area contributed by atoms with Gasteiger partial charge in [0.1, 0.15) is 5.75 Å². The third-order valence-corrected chi connectivity index (χ3v) is 4.73. The van der Waals surface area contributed by atoms with Crippen LogP contribution in [-0.4, -0.2) is 71.1 Å². The number of nitrogens with one attached hydrogen (secondary N) is 1. The molecule has 160 valence electrons. The Hall–Kier alpha value is -1.06. The van der Waals surface area contributed by atoms with Gasteiger partial charge in [-0.15, -0.1) is 24.0 Å². The third-order valence-electron chi connectivity index (χ3n) is 4.73. The van der Waals surface area contributed by atoms with E-state index in [1.807, 2.05) is 19.2 Å². The van der Waals surface area contributed by atoms with Crippen molar-refractivity contribution in [3.8, 4) is 5.75 Å². The lowest BCUT2D eigenvalue weighted by Crippen LogP contribution is -2.40. The number of nitrogens with zero attached hydrogens (tertiary/aromatic N) is 2. The summed E-state index contributed by atoms with van der Waals surface area (Å²) in [6.07, 6.45) is 3.23. The molecule has 1 saturated heterocycles. The minimum Gasteiger partial charge on any atom is -0.494 e. The zero-order valence-corrected chi connectivity index (χ0v) is 19.8. The molecule has 1 aliphatic rings. The van der Waals surface area contributed by atoms with E-state index in [4.69, 9.17) is 14.2 Å². The molecule has 0 aliphatic carbocycles. The van der Waals surface area contributed by atoms with E-state index < -0.39 is 0 Å². The number of likely N-dealkylation sites (tertiary alicyclic amines) is 1. The molecule has 1 N–H and O–H groups in total. The van der Waals surface area contributed by atoms with Gasteiger partial charge in [-0.2, -0.15) is 0 Å². The van der Waals surface area contributed by atoms with Crippen LogP contribution >= 0.6 is 24.0 Å². The van der Waals surface area contributed by atoms with E-state index in [-0.39, 0.29) is 24.0 Å². The fraction of sp³-hybridized carbons (Fsp3) is 0.667. The summed E-state index contributed by atoms with van der Waals surface area (Å²) >= 11 is 0. The Kier molecular flexibility index (Phi) is 13.3. The minimum atomic E-state index is 0. The summed E-state index contributed by atoms with van der Waals surface area (Å²) in [5, 5.41) is 3.47. The average molecular weight is 505 g/mol. The number of ether oxygens (including phenoxy) is 3. The zero-order chi connectivity index (χ0) is 19.3. The second kappa shape index (κ2) is 14.9. The number of halogens is 1. The molecular formula is C21H36IN3O3. The Bertz CT molecular complexity index is 554. The van der Waals surface area contributed by atoms with Gasteiger partial charge in [-0.1, -0.05) is 17.7 Å². The monoisotopic (exact) mass is 505 g/mol. The fourth-order valence-corrected chi connectivity index (χ4v) is 3.14. The van der Waals surface area contributed by atoms with Crippen molar-refractivity contribution in [3.63, 3.8) is 0 Å². The minimum absolute atomic E-state index is 0. The largest absolute Gasteiger partial charge is 0.494 e. The van der Waals surface area contributed by atoms with Crippen LogP contribution in [-0.2, 0) is 9.47 Å². The molecule has 0 saturated carbocycles. The Balaban J connectivity index is 0.00000392. The van der Waals surface area contributed by atoms with Gasteiger partial charge in [0, 0.05) is 39.7 Å². The summed E-state index contributed by atoms with van der Waals surface area (Å²) in [4.78, 5) is 6.75. The molecule has 1 aromatic rings. The highest BCUT2D eigenvalue weighted by molar-refractivity contribution is 14.0. The summed E-state index contributed by atoms with van der Waals surface area (Å²) in [6, 6.07) is 8.20. The molecule has 1 fully saturated rings. The smallest absolute Gasteiger partial charge is 0.193 e. The van der Waals surface area contributed by atoms with Crippen LogP contribution in [0.3, 0.4) is 0 Å². The van der Waals surface area contributed by atoms with Crippen LogP contribution in [0.4, 0.5) is 0 Å². The van der Waals surface area contributed by atoms with E-state index in [0.717, 1.165) is 63.8 Å². The van der Waals surface area contributed by atoms with Crippen LogP contribution in [0, 0.1) is 12.8 Å². The van der Waals surface area contributed by atoms with Gasteiger partial charge in [0.2, 0.25) is 0 Å². The number of guanidine groups is 1. The summed E-state index contributed by atoms with van der Waals surface area (Å²) in [6.45, 7) is 7.91. The van der Waals surface area contributed by atoms with Crippen molar-refractivity contribution in [2.24, 2.45) is 10.9 Å². The molecular weight excluding hydrogens is 469 g/mol. The first-order valence-corrected chi connectivity index (χ1v) is 9.94. The SMILES string of the molecule is CN=C(NCCCCOc1ccc(C)cc1)N1CCC(COCCOC)C1.I. The predicted molar refractivity (Wildman–Crippen MR) is 125 cm³/mol. The van der Waals surface area contributed by atoms with Crippen LogP contribution in [0.1, 0.15) is 24.8 Å².